The molecule has 0 bridgehead atoms. The topological polar surface area (TPSA) is 62.6 Å². The van der Waals surface area contributed by atoms with Crippen molar-refractivity contribution in [2.45, 2.75) is 57.9 Å². The highest BCUT2D eigenvalue weighted by molar-refractivity contribution is 5.96. The normalized spacial score (nSPS) is 21.8. The summed E-state index contributed by atoms with van der Waals surface area (Å²) in [6.45, 7) is 2.64. The third-order valence-electron chi connectivity index (χ3n) is 6.11. The van der Waals surface area contributed by atoms with E-state index < -0.39 is 0 Å². The molecule has 1 aliphatic carbocycles. The van der Waals surface area contributed by atoms with Crippen LogP contribution < -0.4 is 5.32 Å². The predicted octanol–water partition coefficient (Wildman–Crippen LogP) is 5.09. The van der Waals surface area contributed by atoms with Crippen LogP contribution in [-0.4, -0.2) is 29.3 Å². The highest BCUT2D eigenvalue weighted by atomic mass is 16.4. The molecule has 2 amide bonds. The number of rotatable bonds is 4. The number of hydrogen-bond donors (Lipinski definition) is 1. The molecule has 4 rings (SSSR count). The lowest BCUT2D eigenvalue weighted by Gasteiger charge is -2.43. The minimum atomic E-state index is -0.0491. The molecule has 1 unspecified atom stereocenters. The summed E-state index contributed by atoms with van der Waals surface area (Å²) in [5.74, 6) is 1.58. The number of carbonyl (C=O) groups is 2. The van der Waals surface area contributed by atoms with Crippen LogP contribution in [0.15, 0.2) is 40.8 Å². The van der Waals surface area contributed by atoms with Crippen molar-refractivity contribution in [3.63, 3.8) is 0 Å². The maximum absolute atomic E-state index is 13.2. The first-order chi connectivity index (χ1) is 13.7. The molecule has 28 heavy (non-hydrogen) atoms. The molecular weight excluding hydrogens is 352 g/mol. The Bertz CT molecular complexity index is 855. The van der Waals surface area contributed by atoms with Crippen LogP contribution >= 0.6 is 0 Å². The number of nitrogens with one attached hydrogen (secondary N) is 1. The second-order valence-electron chi connectivity index (χ2n) is 7.86. The minimum Gasteiger partial charge on any atom is -0.451 e. The summed E-state index contributed by atoms with van der Waals surface area (Å²) in [4.78, 5) is 27.0. The summed E-state index contributed by atoms with van der Waals surface area (Å²) in [6.07, 6.45) is 7.56. The van der Waals surface area contributed by atoms with Crippen LogP contribution in [0.4, 0.5) is 5.69 Å². The largest absolute Gasteiger partial charge is 0.451 e. The first-order valence-electron chi connectivity index (χ1n) is 10.5. The van der Waals surface area contributed by atoms with E-state index in [4.69, 9.17) is 4.42 Å². The van der Waals surface area contributed by atoms with Gasteiger partial charge in [-0.25, -0.2) is 0 Å². The van der Waals surface area contributed by atoms with Gasteiger partial charge in [0.2, 0.25) is 5.91 Å². The SMILES string of the molecule is CCC(=O)Nc1ccccc1-c1ccc(C(=O)N2CCCC3CCCC[C@@H]32)o1. The van der Waals surface area contributed by atoms with Gasteiger partial charge in [-0.05, 0) is 55.9 Å². The highest BCUT2D eigenvalue weighted by Crippen LogP contribution is 2.37. The van der Waals surface area contributed by atoms with Crippen molar-refractivity contribution < 1.29 is 14.0 Å². The summed E-state index contributed by atoms with van der Waals surface area (Å²) in [5, 5.41) is 2.90. The van der Waals surface area contributed by atoms with E-state index >= 15 is 0 Å². The van der Waals surface area contributed by atoms with Crippen molar-refractivity contribution in [1.29, 1.82) is 0 Å². The molecule has 1 aliphatic heterocycles. The Hall–Kier alpha value is -2.56. The Kier molecular flexibility index (Phi) is 5.51. The summed E-state index contributed by atoms with van der Waals surface area (Å²) >= 11 is 0. The number of furan rings is 1. The second kappa shape index (κ2) is 8.21. The van der Waals surface area contributed by atoms with Gasteiger partial charge in [0.25, 0.3) is 5.91 Å². The fraction of sp³-hybridized carbons (Fsp3) is 0.478. The van der Waals surface area contributed by atoms with Gasteiger partial charge >= 0.3 is 0 Å². The van der Waals surface area contributed by atoms with Crippen molar-refractivity contribution in [2.24, 2.45) is 5.92 Å². The number of carbonyl (C=O) groups excluding carboxylic acids is 2. The van der Waals surface area contributed by atoms with E-state index in [1.54, 1.807) is 6.07 Å². The molecule has 1 aromatic heterocycles. The monoisotopic (exact) mass is 380 g/mol. The fourth-order valence-electron chi connectivity index (χ4n) is 4.66. The van der Waals surface area contributed by atoms with E-state index in [1.807, 2.05) is 42.2 Å². The summed E-state index contributed by atoms with van der Waals surface area (Å²) in [7, 11) is 0. The number of para-hydroxylation sites is 1. The van der Waals surface area contributed by atoms with Gasteiger partial charge < -0.3 is 14.6 Å². The van der Waals surface area contributed by atoms with Gasteiger partial charge in [-0.15, -0.1) is 0 Å². The van der Waals surface area contributed by atoms with Gasteiger partial charge in [0, 0.05) is 24.6 Å². The smallest absolute Gasteiger partial charge is 0.289 e. The summed E-state index contributed by atoms with van der Waals surface area (Å²) in [5.41, 5.74) is 1.49. The quantitative estimate of drug-likeness (QED) is 0.803. The van der Waals surface area contributed by atoms with E-state index in [-0.39, 0.29) is 11.8 Å². The summed E-state index contributed by atoms with van der Waals surface area (Å²) in [6, 6.07) is 11.5. The number of piperidine rings is 1. The van der Waals surface area contributed by atoms with Crippen molar-refractivity contribution in [2.75, 3.05) is 11.9 Å². The zero-order valence-electron chi connectivity index (χ0n) is 16.4. The number of amides is 2. The Balaban J connectivity index is 1.56. The van der Waals surface area contributed by atoms with E-state index in [1.165, 1.54) is 25.7 Å². The van der Waals surface area contributed by atoms with E-state index in [9.17, 15) is 9.59 Å². The lowest BCUT2D eigenvalue weighted by Crippen LogP contribution is -2.49. The van der Waals surface area contributed by atoms with Gasteiger partial charge in [0.15, 0.2) is 5.76 Å². The Morgan fingerprint density at radius 3 is 2.71 bits per heavy atom. The lowest BCUT2D eigenvalue weighted by molar-refractivity contribution is -0.115. The van der Waals surface area contributed by atoms with Crippen molar-refractivity contribution in [1.82, 2.24) is 4.90 Å². The fourth-order valence-corrected chi connectivity index (χ4v) is 4.66. The Labute approximate surface area is 166 Å². The molecular formula is C23H28N2O3. The number of fused-ring (bicyclic) bond motifs is 1. The van der Waals surface area contributed by atoms with Crippen LogP contribution in [0.3, 0.4) is 0 Å². The Morgan fingerprint density at radius 1 is 1.07 bits per heavy atom. The maximum atomic E-state index is 13.2. The minimum absolute atomic E-state index is 0.00192. The first-order valence-corrected chi connectivity index (χ1v) is 10.5. The average molecular weight is 380 g/mol. The third-order valence-corrected chi connectivity index (χ3v) is 6.11. The molecule has 1 N–H and O–H groups in total. The highest BCUT2D eigenvalue weighted by Gasteiger charge is 2.36. The zero-order chi connectivity index (χ0) is 19.5. The summed E-state index contributed by atoms with van der Waals surface area (Å²) < 4.78 is 5.98. The number of anilines is 1. The van der Waals surface area contributed by atoms with E-state index in [2.05, 4.69) is 5.32 Å². The first kappa shape index (κ1) is 18.8. The van der Waals surface area contributed by atoms with Gasteiger partial charge in [-0.1, -0.05) is 31.9 Å². The molecule has 1 saturated heterocycles. The predicted molar refractivity (Wildman–Crippen MR) is 109 cm³/mol. The van der Waals surface area contributed by atoms with Crippen molar-refractivity contribution in [3.8, 4) is 11.3 Å². The molecule has 2 fully saturated rings. The number of hydrogen-bond acceptors (Lipinski definition) is 3. The van der Waals surface area contributed by atoms with Gasteiger partial charge in [0.05, 0.1) is 5.69 Å². The standard InChI is InChI=1S/C23H28N2O3/c1-2-22(26)24-18-11-5-4-10-17(18)20-13-14-21(28-20)23(27)25-15-7-9-16-8-3-6-12-19(16)25/h4-5,10-11,13-14,16,19H,2-3,6-9,12,15H2,1H3,(H,24,26)/t16?,19-/m0/s1. The van der Waals surface area contributed by atoms with Crippen LogP contribution in [-0.2, 0) is 4.79 Å². The van der Waals surface area contributed by atoms with E-state index in [0.29, 0.717) is 35.6 Å². The lowest BCUT2D eigenvalue weighted by atomic mass is 9.78. The molecule has 2 heterocycles. The number of benzene rings is 1. The molecule has 148 valence electrons. The molecule has 1 saturated carbocycles. The molecule has 1 aromatic carbocycles. The third kappa shape index (κ3) is 3.71. The molecule has 2 aromatic rings. The van der Waals surface area contributed by atoms with Crippen molar-refractivity contribution >= 4 is 17.5 Å². The van der Waals surface area contributed by atoms with Crippen molar-refractivity contribution in [3.05, 3.63) is 42.2 Å². The molecule has 0 radical (unpaired) electrons. The van der Waals surface area contributed by atoms with Gasteiger partial charge in [-0.3, -0.25) is 9.59 Å². The zero-order valence-corrected chi connectivity index (χ0v) is 16.4. The van der Waals surface area contributed by atoms with Crippen LogP contribution in [0, 0.1) is 5.92 Å². The second-order valence-corrected chi connectivity index (χ2v) is 7.86. The molecule has 0 spiro atoms. The van der Waals surface area contributed by atoms with Crippen LogP contribution in [0.1, 0.15) is 62.4 Å². The van der Waals surface area contributed by atoms with E-state index in [0.717, 1.165) is 24.9 Å². The van der Waals surface area contributed by atoms with Gasteiger partial charge in [-0.2, -0.15) is 0 Å². The maximum Gasteiger partial charge on any atom is 0.289 e. The average Bonchev–Trinajstić information content (AvgIpc) is 3.23. The van der Waals surface area contributed by atoms with Gasteiger partial charge in [0.1, 0.15) is 5.76 Å². The Morgan fingerprint density at radius 2 is 1.86 bits per heavy atom. The number of nitrogens with zero attached hydrogens (tertiary/aromatic N) is 1. The van der Waals surface area contributed by atoms with Crippen LogP contribution in [0.2, 0.25) is 0 Å². The molecule has 5 nitrogen and oxygen atoms in total. The number of likely N-dealkylation sites (tertiary alicyclic amines) is 1. The van der Waals surface area contributed by atoms with Crippen LogP contribution in [0.5, 0.6) is 0 Å². The van der Waals surface area contributed by atoms with Crippen LogP contribution in [0.25, 0.3) is 11.3 Å². The molecule has 5 heteroatoms. The molecule has 2 atom stereocenters. The molecule has 2 aliphatic rings.